The molecule has 0 aromatic carbocycles. The molecule has 4 fully saturated rings. The van der Waals surface area contributed by atoms with E-state index in [1.165, 1.54) is 25.7 Å². The predicted molar refractivity (Wildman–Crippen MR) is 111 cm³/mol. The van der Waals surface area contributed by atoms with E-state index in [2.05, 4.69) is 21.6 Å². The highest BCUT2D eigenvalue weighted by molar-refractivity contribution is 5.77. The zero-order valence-electron chi connectivity index (χ0n) is 17.8. The second-order valence-corrected chi connectivity index (χ2v) is 10.00. The summed E-state index contributed by atoms with van der Waals surface area (Å²) in [4.78, 5) is 32.1. The van der Waals surface area contributed by atoms with E-state index in [4.69, 9.17) is 0 Å². The Morgan fingerprint density at radius 1 is 0.929 bits per heavy atom. The minimum atomic E-state index is 0.303. The first-order valence-electron chi connectivity index (χ1n) is 11.8. The van der Waals surface area contributed by atoms with Crippen LogP contribution in [0, 0.1) is 17.3 Å². The van der Waals surface area contributed by atoms with E-state index in [1.54, 1.807) is 0 Å². The number of carbonyl (C=O) groups excluding carboxylic acids is 2. The molecule has 0 unspecified atom stereocenters. The Morgan fingerprint density at radius 3 is 2.25 bits per heavy atom. The van der Waals surface area contributed by atoms with Crippen molar-refractivity contribution in [2.75, 3.05) is 45.8 Å². The molecule has 4 rings (SSSR count). The highest BCUT2D eigenvalue weighted by atomic mass is 16.2. The van der Waals surface area contributed by atoms with Crippen LogP contribution in [0.4, 0.5) is 0 Å². The molecule has 28 heavy (non-hydrogen) atoms. The summed E-state index contributed by atoms with van der Waals surface area (Å²) >= 11 is 0. The first kappa shape index (κ1) is 20.2. The molecule has 0 bridgehead atoms. The molecular weight excluding hydrogens is 350 g/mol. The summed E-state index contributed by atoms with van der Waals surface area (Å²) in [6, 6.07) is 0. The monoisotopic (exact) mass is 389 g/mol. The van der Waals surface area contributed by atoms with Gasteiger partial charge in [-0.2, -0.15) is 0 Å². The zero-order chi connectivity index (χ0) is 19.6. The topological polar surface area (TPSA) is 43.9 Å². The lowest BCUT2D eigenvalue weighted by molar-refractivity contribution is -0.135. The van der Waals surface area contributed by atoms with Crippen molar-refractivity contribution in [2.24, 2.45) is 17.3 Å². The van der Waals surface area contributed by atoms with Gasteiger partial charge in [-0.3, -0.25) is 9.59 Å². The highest BCUT2D eigenvalue weighted by Gasteiger charge is 2.40. The van der Waals surface area contributed by atoms with Crippen molar-refractivity contribution >= 4 is 11.8 Å². The minimum absolute atomic E-state index is 0.303. The van der Waals surface area contributed by atoms with Crippen LogP contribution in [0.2, 0.25) is 0 Å². The van der Waals surface area contributed by atoms with Crippen LogP contribution in [0.25, 0.3) is 0 Å². The van der Waals surface area contributed by atoms with E-state index in [9.17, 15) is 9.59 Å². The third-order valence-electron chi connectivity index (χ3n) is 8.10. The molecule has 3 heterocycles. The molecule has 0 N–H and O–H groups in total. The van der Waals surface area contributed by atoms with Crippen molar-refractivity contribution in [3.63, 3.8) is 0 Å². The smallest absolute Gasteiger partial charge is 0.222 e. The molecule has 5 nitrogen and oxygen atoms in total. The fourth-order valence-electron chi connectivity index (χ4n) is 5.57. The van der Waals surface area contributed by atoms with Crippen molar-refractivity contribution < 1.29 is 9.59 Å². The predicted octanol–water partition coefficient (Wildman–Crippen LogP) is 3.14. The van der Waals surface area contributed by atoms with Gasteiger partial charge in [-0.05, 0) is 88.3 Å². The van der Waals surface area contributed by atoms with Crippen LogP contribution in [0.1, 0.15) is 71.1 Å². The number of amides is 2. The van der Waals surface area contributed by atoms with Gasteiger partial charge in [-0.1, -0.05) is 6.92 Å². The van der Waals surface area contributed by atoms with E-state index in [-0.39, 0.29) is 0 Å². The van der Waals surface area contributed by atoms with Gasteiger partial charge in [0.1, 0.15) is 0 Å². The fraction of sp³-hybridized carbons (Fsp3) is 0.913. The Balaban J connectivity index is 1.23. The van der Waals surface area contributed by atoms with Gasteiger partial charge >= 0.3 is 0 Å². The van der Waals surface area contributed by atoms with Crippen LogP contribution in [-0.2, 0) is 9.59 Å². The maximum Gasteiger partial charge on any atom is 0.222 e. The van der Waals surface area contributed by atoms with Gasteiger partial charge in [0, 0.05) is 39.0 Å². The summed E-state index contributed by atoms with van der Waals surface area (Å²) in [5.74, 6) is 2.12. The number of piperidine rings is 2. The molecule has 2 amide bonds. The van der Waals surface area contributed by atoms with Crippen molar-refractivity contribution in [3.05, 3.63) is 0 Å². The quantitative estimate of drug-likeness (QED) is 0.726. The fourth-order valence-corrected chi connectivity index (χ4v) is 5.57. The standard InChI is InChI=1S/C23H39N3O2/c1-2-24-12-6-19(7-13-24)17-22(28)25-14-9-23(10-15-25)8-5-21(27)26(16-11-23)18-20-3-4-20/h19-20H,2-18H2,1H3. The summed E-state index contributed by atoms with van der Waals surface area (Å²) in [5.41, 5.74) is 0.303. The Kier molecular flexibility index (Phi) is 6.29. The highest BCUT2D eigenvalue weighted by Crippen LogP contribution is 2.42. The summed E-state index contributed by atoms with van der Waals surface area (Å²) in [5, 5.41) is 0. The van der Waals surface area contributed by atoms with Crippen molar-refractivity contribution in [1.82, 2.24) is 14.7 Å². The third-order valence-corrected chi connectivity index (χ3v) is 8.10. The van der Waals surface area contributed by atoms with Crippen LogP contribution in [0.5, 0.6) is 0 Å². The first-order chi connectivity index (χ1) is 13.6. The summed E-state index contributed by atoms with van der Waals surface area (Å²) < 4.78 is 0. The molecule has 5 heteroatoms. The zero-order valence-corrected chi connectivity index (χ0v) is 17.8. The minimum Gasteiger partial charge on any atom is -0.343 e. The van der Waals surface area contributed by atoms with E-state index >= 15 is 0 Å². The molecule has 1 aliphatic carbocycles. The van der Waals surface area contributed by atoms with Crippen LogP contribution in [0.3, 0.4) is 0 Å². The molecule has 0 radical (unpaired) electrons. The second kappa shape index (κ2) is 8.73. The third kappa shape index (κ3) is 4.90. The molecule has 1 saturated carbocycles. The largest absolute Gasteiger partial charge is 0.343 e. The number of hydrogen-bond donors (Lipinski definition) is 0. The van der Waals surface area contributed by atoms with E-state index in [0.717, 1.165) is 90.3 Å². The van der Waals surface area contributed by atoms with Gasteiger partial charge in [-0.25, -0.2) is 0 Å². The number of hydrogen-bond acceptors (Lipinski definition) is 3. The summed E-state index contributed by atoms with van der Waals surface area (Å²) in [7, 11) is 0. The normalized spacial score (nSPS) is 27.2. The van der Waals surface area contributed by atoms with Crippen molar-refractivity contribution in [3.8, 4) is 0 Å². The molecule has 0 aromatic heterocycles. The lowest BCUT2D eigenvalue weighted by Gasteiger charge is -2.42. The Bertz CT molecular complexity index is 558. The van der Waals surface area contributed by atoms with E-state index < -0.39 is 0 Å². The lowest BCUT2D eigenvalue weighted by Crippen LogP contribution is -2.44. The maximum atomic E-state index is 12.8. The van der Waals surface area contributed by atoms with Crippen LogP contribution >= 0.6 is 0 Å². The average Bonchev–Trinajstić information content (AvgIpc) is 3.55. The summed E-state index contributed by atoms with van der Waals surface area (Å²) in [6.45, 7) is 9.42. The SMILES string of the molecule is CCN1CCC(CC(=O)N2CCC3(CCC(=O)N(CC4CC4)CC3)CC2)CC1. The molecular formula is C23H39N3O2. The summed E-state index contributed by atoms with van der Waals surface area (Å²) in [6.07, 6.45) is 10.8. The van der Waals surface area contributed by atoms with Gasteiger partial charge < -0.3 is 14.7 Å². The number of carbonyl (C=O) groups is 2. The Labute approximate surface area is 170 Å². The van der Waals surface area contributed by atoms with Crippen LogP contribution < -0.4 is 0 Å². The average molecular weight is 390 g/mol. The van der Waals surface area contributed by atoms with Crippen molar-refractivity contribution in [1.29, 1.82) is 0 Å². The number of nitrogens with zero attached hydrogens (tertiary/aromatic N) is 3. The Hall–Kier alpha value is -1.10. The Morgan fingerprint density at radius 2 is 1.61 bits per heavy atom. The molecule has 3 saturated heterocycles. The molecule has 1 spiro atoms. The number of likely N-dealkylation sites (tertiary alicyclic amines) is 3. The molecule has 0 aromatic rings. The molecule has 4 aliphatic rings. The maximum absolute atomic E-state index is 12.8. The second-order valence-electron chi connectivity index (χ2n) is 10.00. The van der Waals surface area contributed by atoms with Crippen LogP contribution in [-0.4, -0.2) is 72.3 Å². The van der Waals surface area contributed by atoms with Gasteiger partial charge in [0.25, 0.3) is 0 Å². The van der Waals surface area contributed by atoms with Crippen molar-refractivity contribution in [2.45, 2.75) is 71.1 Å². The van der Waals surface area contributed by atoms with Gasteiger partial charge in [0.05, 0.1) is 0 Å². The number of rotatable bonds is 5. The van der Waals surface area contributed by atoms with E-state index in [0.29, 0.717) is 23.1 Å². The molecule has 0 atom stereocenters. The van der Waals surface area contributed by atoms with Gasteiger partial charge in [0.2, 0.25) is 11.8 Å². The van der Waals surface area contributed by atoms with Crippen LogP contribution in [0.15, 0.2) is 0 Å². The van der Waals surface area contributed by atoms with E-state index in [1.807, 2.05) is 0 Å². The molecule has 3 aliphatic heterocycles. The lowest BCUT2D eigenvalue weighted by atomic mass is 9.73. The van der Waals surface area contributed by atoms with Gasteiger partial charge in [-0.15, -0.1) is 0 Å². The molecule has 158 valence electrons. The van der Waals surface area contributed by atoms with Gasteiger partial charge in [0.15, 0.2) is 0 Å². The first-order valence-corrected chi connectivity index (χ1v) is 11.8.